The molecule has 1 aromatic heterocycles. The van der Waals surface area contributed by atoms with E-state index < -0.39 is 38.7 Å². The Morgan fingerprint density at radius 2 is 1.49 bits per heavy atom. The van der Waals surface area contributed by atoms with Crippen LogP contribution in [0.25, 0.3) is 0 Å². The predicted octanol–water partition coefficient (Wildman–Crippen LogP) is 1.93. The summed E-state index contributed by atoms with van der Waals surface area (Å²) in [5.41, 5.74) is -0.0810. The maximum absolute atomic E-state index is 14.0. The number of carbonyl (C=O) groups excluding carboxylic acids is 3. The van der Waals surface area contributed by atoms with E-state index >= 15 is 0 Å². The Bertz CT molecular complexity index is 1320. The maximum atomic E-state index is 14.0. The Hall–Kier alpha value is -3.99. The second-order valence-corrected chi connectivity index (χ2v) is 9.82. The van der Waals surface area contributed by atoms with Gasteiger partial charge in [0.2, 0.25) is 15.2 Å². The van der Waals surface area contributed by atoms with Crippen LogP contribution in [0, 0.1) is 5.82 Å². The predicted molar refractivity (Wildman–Crippen MR) is 122 cm³/mol. The quantitative estimate of drug-likeness (QED) is 0.554. The largest absolute Gasteiger partial charge is 0.459 e. The zero-order valence-corrected chi connectivity index (χ0v) is 19.3. The standard InChI is InChI=1S/C24H22FN3O6S/c25-19-10-5-4-9-18(19)23(30)27-12-14-28(15-13-27)24(31)22(26-21(29)20-11-6-16-34-20)35(32,33)17-7-2-1-3-8-17/h1-11,16,22H,12-15H2,(H,26,29). The van der Waals surface area contributed by atoms with Gasteiger partial charge in [0.1, 0.15) is 5.82 Å². The van der Waals surface area contributed by atoms with Crippen LogP contribution in [-0.4, -0.2) is 67.5 Å². The Balaban J connectivity index is 1.53. The van der Waals surface area contributed by atoms with Crippen LogP contribution in [0.2, 0.25) is 0 Å². The van der Waals surface area contributed by atoms with Crippen molar-refractivity contribution in [2.45, 2.75) is 10.3 Å². The number of benzene rings is 2. The van der Waals surface area contributed by atoms with Crippen LogP contribution in [0.1, 0.15) is 20.9 Å². The van der Waals surface area contributed by atoms with E-state index in [9.17, 15) is 27.2 Å². The molecule has 4 rings (SSSR count). The molecule has 1 fully saturated rings. The van der Waals surface area contributed by atoms with Crippen molar-refractivity contribution in [1.29, 1.82) is 0 Å². The number of rotatable bonds is 6. The first-order valence-corrected chi connectivity index (χ1v) is 12.3. The summed E-state index contributed by atoms with van der Waals surface area (Å²) in [6.45, 7) is 0.166. The minimum atomic E-state index is -4.31. The molecule has 182 valence electrons. The molecule has 2 aromatic carbocycles. The van der Waals surface area contributed by atoms with E-state index in [4.69, 9.17) is 4.42 Å². The molecule has 1 atom stereocenters. The molecule has 9 nitrogen and oxygen atoms in total. The van der Waals surface area contributed by atoms with E-state index in [-0.39, 0.29) is 42.4 Å². The molecule has 1 unspecified atom stereocenters. The lowest BCUT2D eigenvalue weighted by Crippen LogP contribution is -2.57. The van der Waals surface area contributed by atoms with Gasteiger partial charge in [-0.1, -0.05) is 30.3 Å². The normalized spacial score (nSPS) is 14.9. The third-order valence-corrected chi connectivity index (χ3v) is 7.47. The van der Waals surface area contributed by atoms with Gasteiger partial charge >= 0.3 is 0 Å². The molecule has 0 saturated carbocycles. The minimum Gasteiger partial charge on any atom is -0.459 e. The van der Waals surface area contributed by atoms with Gasteiger partial charge in [-0.3, -0.25) is 14.4 Å². The Morgan fingerprint density at radius 3 is 2.11 bits per heavy atom. The molecule has 11 heteroatoms. The SMILES string of the molecule is O=C(NC(C(=O)N1CCN(C(=O)c2ccccc2F)CC1)S(=O)(=O)c1ccccc1)c1ccco1. The second kappa shape index (κ2) is 10.1. The van der Waals surface area contributed by atoms with E-state index in [2.05, 4.69) is 5.32 Å². The highest BCUT2D eigenvalue weighted by Crippen LogP contribution is 2.19. The van der Waals surface area contributed by atoms with Gasteiger partial charge in [0, 0.05) is 26.2 Å². The molecule has 0 spiro atoms. The molecule has 1 saturated heterocycles. The zero-order chi connectivity index (χ0) is 25.0. The molecule has 0 aliphatic carbocycles. The van der Waals surface area contributed by atoms with Crippen LogP contribution < -0.4 is 5.32 Å². The Labute approximate surface area is 201 Å². The molecular weight excluding hydrogens is 477 g/mol. The summed E-state index contributed by atoms with van der Waals surface area (Å²) in [7, 11) is -4.31. The lowest BCUT2D eigenvalue weighted by atomic mass is 10.1. The Morgan fingerprint density at radius 1 is 0.857 bits per heavy atom. The highest BCUT2D eigenvalue weighted by Gasteiger charge is 2.40. The molecule has 35 heavy (non-hydrogen) atoms. The summed E-state index contributed by atoms with van der Waals surface area (Å²) in [5, 5.41) is 0.374. The van der Waals surface area contributed by atoms with Crippen LogP contribution in [0.15, 0.2) is 82.3 Å². The second-order valence-electron chi connectivity index (χ2n) is 7.79. The third kappa shape index (κ3) is 5.09. The maximum Gasteiger partial charge on any atom is 0.288 e. The molecule has 2 heterocycles. The highest BCUT2D eigenvalue weighted by atomic mass is 32.2. The van der Waals surface area contributed by atoms with Crippen LogP contribution in [-0.2, 0) is 14.6 Å². The first kappa shape index (κ1) is 24.1. The van der Waals surface area contributed by atoms with Gasteiger partial charge in [-0.15, -0.1) is 0 Å². The van der Waals surface area contributed by atoms with Gasteiger partial charge in [0.15, 0.2) is 5.76 Å². The third-order valence-electron chi connectivity index (χ3n) is 5.60. The van der Waals surface area contributed by atoms with Crippen molar-refractivity contribution in [3.8, 4) is 0 Å². The van der Waals surface area contributed by atoms with E-state index in [1.807, 2.05) is 0 Å². The lowest BCUT2D eigenvalue weighted by Gasteiger charge is -2.36. The van der Waals surface area contributed by atoms with E-state index in [1.165, 1.54) is 70.7 Å². The van der Waals surface area contributed by atoms with Crippen molar-refractivity contribution in [3.63, 3.8) is 0 Å². The fraction of sp³-hybridized carbons (Fsp3) is 0.208. The van der Waals surface area contributed by atoms with E-state index in [0.717, 1.165) is 0 Å². The molecule has 1 aliphatic rings. The average molecular weight is 500 g/mol. The molecule has 3 amide bonds. The van der Waals surface area contributed by atoms with Crippen molar-refractivity contribution < 1.29 is 31.6 Å². The number of nitrogens with one attached hydrogen (secondary N) is 1. The number of nitrogens with zero attached hydrogens (tertiary/aromatic N) is 2. The average Bonchev–Trinajstić information content (AvgIpc) is 3.42. The van der Waals surface area contributed by atoms with Crippen molar-refractivity contribution in [2.24, 2.45) is 0 Å². The summed E-state index contributed by atoms with van der Waals surface area (Å²) in [6, 6.07) is 15.7. The number of furan rings is 1. The number of sulfone groups is 1. The van der Waals surface area contributed by atoms with Gasteiger partial charge in [0.05, 0.1) is 16.7 Å². The van der Waals surface area contributed by atoms with Gasteiger partial charge in [-0.2, -0.15) is 0 Å². The monoisotopic (exact) mass is 499 g/mol. The molecule has 0 radical (unpaired) electrons. The zero-order valence-electron chi connectivity index (χ0n) is 18.5. The fourth-order valence-electron chi connectivity index (χ4n) is 3.72. The summed E-state index contributed by atoms with van der Waals surface area (Å²) >= 11 is 0. The van der Waals surface area contributed by atoms with E-state index in [1.54, 1.807) is 12.1 Å². The molecule has 1 aliphatic heterocycles. The van der Waals surface area contributed by atoms with Crippen molar-refractivity contribution in [2.75, 3.05) is 26.2 Å². The highest BCUT2D eigenvalue weighted by molar-refractivity contribution is 7.92. The minimum absolute atomic E-state index is 0.0104. The first-order chi connectivity index (χ1) is 16.8. The number of piperazine rings is 1. The van der Waals surface area contributed by atoms with Crippen molar-refractivity contribution >= 4 is 27.6 Å². The summed E-state index contributed by atoms with van der Waals surface area (Å²) in [5.74, 6) is -3.01. The molecule has 3 aromatic rings. The smallest absolute Gasteiger partial charge is 0.288 e. The summed E-state index contributed by atoms with van der Waals surface area (Å²) in [4.78, 5) is 41.1. The van der Waals surface area contributed by atoms with Gasteiger partial charge in [0.25, 0.3) is 17.7 Å². The number of hydrogen-bond acceptors (Lipinski definition) is 6. The number of hydrogen-bond donors (Lipinski definition) is 1. The van der Waals surface area contributed by atoms with Crippen LogP contribution in [0.4, 0.5) is 4.39 Å². The molecule has 0 bridgehead atoms. The van der Waals surface area contributed by atoms with Gasteiger partial charge in [-0.25, -0.2) is 12.8 Å². The number of amides is 3. The summed E-state index contributed by atoms with van der Waals surface area (Å²) < 4.78 is 45.7. The topological polar surface area (TPSA) is 117 Å². The first-order valence-electron chi connectivity index (χ1n) is 10.7. The van der Waals surface area contributed by atoms with Crippen molar-refractivity contribution in [1.82, 2.24) is 15.1 Å². The van der Waals surface area contributed by atoms with Crippen LogP contribution in [0.3, 0.4) is 0 Å². The van der Waals surface area contributed by atoms with Crippen LogP contribution in [0.5, 0.6) is 0 Å². The van der Waals surface area contributed by atoms with Crippen LogP contribution >= 0.6 is 0 Å². The fourth-order valence-corrected chi connectivity index (χ4v) is 5.20. The Kier molecular flexibility index (Phi) is 6.97. The van der Waals surface area contributed by atoms with Crippen molar-refractivity contribution in [3.05, 3.63) is 90.1 Å². The molecule has 1 N–H and O–H groups in total. The molecular formula is C24H22FN3O6S. The number of halogens is 1. The summed E-state index contributed by atoms with van der Waals surface area (Å²) in [6.07, 6.45) is 1.25. The lowest BCUT2D eigenvalue weighted by molar-refractivity contribution is -0.132. The van der Waals surface area contributed by atoms with Gasteiger partial charge in [-0.05, 0) is 36.4 Å². The number of carbonyl (C=O) groups is 3. The van der Waals surface area contributed by atoms with Gasteiger partial charge < -0.3 is 19.5 Å². The van der Waals surface area contributed by atoms with E-state index in [0.29, 0.717) is 0 Å².